The van der Waals surface area contributed by atoms with E-state index in [9.17, 15) is 0 Å². The van der Waals surface area contributed by atoms with Crippen molar-refractivity contribution in [2.24, 2.45) is 0 Å². The minimum atomic E-state index is -0.126. The average Bonchev–Trinajstić information content (AvgIpc) is 3.14. The van der Waals surface area contributed by atoms with Crippen LogP contribution in [-0.4, -0.2) is 27.7 Å². The van der Waals surface area contributed by atoms with Crippen LogP contribution in [0.4, 0.5) is 0 Å². The summed E-state index contributed by atoms with van der Waals surface area (Å²) < 4.78 is 7.28. The van der Waals surface area contributed by atoms with Gasteiger partial charge in [-0.05, 0) is 32.9 Å². The summed E-state index contributed by atoms with van der Waals surface area (Å²) in [6.07, 6.45) is 2.25. The summed E-state index contributed by atoms with van der Waals surface area (Å²) in [5.41, 5.74) is 1.14. The molecule has 19 heavy (non-hydrogen) atoms. The fraction of sp³-hybridized carbons (Fsp3) is 0.429. The third kappa shape index (κ3) is 2.67. The van der Waals surface area contributed by atoms with E-state index in [1.807, 2.05) is 10.9 Å². The van der Waals surface area contributed by atoms with Gasteiger partial charge in [0.25, 0.3) is 0 Å². The van der Waals surface area contributed by atoms with Gasteiger partial charge in [-0.2, -0.15) is 0 Å². The van der Waals surface area contributed by atoms with E-state index in [0.717, 1.165) is 11.6 Å². The van der Waals surface area contributed by atoms with Gasteiger partial charge in [-0.1, -0.05) is 34.7 Å². The van der Waals surface area contributed by atoms with Crippen LogP contribution in [0.15, 0.2) is 40.4 Å². The van der Waals surface area contributed by atoms with Crippen molar-refractivity contribution >= 4 is 11.8 Å². The summed E-state index contributed by atoms with van der Waals surface area (Å²) >= 11 is 1.63. The summed E-state index contributed by atoms with van der Waals surface area (Å²) in [7, 11) is 0. The van der Waals surface area contributed by atoms with E-state index in [1.165, 1.54) is 10.5 Å². The molecule has 0 N–H and O–H groups in total. The lowest BCUT2D eigenvalue weighted by molar-refractivity contribution is 0.220. The number of aromatic nitrogens is 3. The molecule has 0 saturated carbocycles. The fourth-order valence-corrected chi connectivity index (χ4v) is 2.65. The Kier molecular flexibility index (Phi) is 3.11. The molecule has 1 fully saturated rings. The van der Waals surface area contributed by atoms with Crippen LogP contribution in [0.2, 0.25) is 0 Å². The smallest absolute Gasteiger partial charge is 0.143 e. The lowest BCUT2D eigenvalue weighted by Gasteiger charge is -2.21. The van der Waals surface area contributed by atoms with Gasteiger partial charge in [0.2, 0.25) is 0 Å². The van der Waals surface area contributed by atoms with Crippen LogP contribution in [0.3, 0.4) is 0 Å². The Bertz CT molecular complexity index is 573. The number of hydrogen-bond acceptors (Lipinski definition) is 4. The lowest BCUT2D eigenvalue weighted by Crippen LogP contribution is -2.33. The second-order valence-corrected chi connectivity index (χ2v) is 6.49. The second kappa shape index (κ2) is 4.65. The average molecular weight is 275 g/mol. The van der Waals surface area contributed by atoms with E-state index < -0.39 is 0 Å². The zero-order chi connectivity index (χ0) is 13.5. The number of epoxide rings is 1. The molecule has 2 aromatic rings. The quantitative estimate of drug-likeness (QED) is 0.805. The SMILES string of the molecule is Cc1ccc(Sc2cn(C(C)(C)C3CO3)nn2)cc1. The van der Waals surface area contributed by atoms with Crippen molar-refractivity contribution in [2.75, 3.05) is 6.61 Å². The summed E-state index contributed by atoms with van der Waals surface area (Å²) in [6, 6.07) is 8.42. The van der Waals surface area contributed by atoms with Gasteiger partial charge in [0.1, 0.15) is 11.1 Å². The molecule has 0 radical (unpaired) electrons. The van der Waals surface area contributed by atoms with Crippen molar-refractivity contribution < 1.29 is 4.74 Å². The van der Waals surface area contributed by atoms with E-state index in [1.54, 1.807) is 11.8 Å². The fourth-order valence-electron chi connectivity index (χ4n) is 1.91. The Morgan fingerprint density at radius 2 is 2.00 bits per heavy atom. The molecule has 2 heterocycles. The maximum atomic E-state index is 5.37. The summed E-state index contributed by atoms with van der Waals surface area (Å²) in [5, 5.41) is 9.37. The summed E-state index contributed by atoms with van der Waals surface area (Å²) in [5.74, 6) is 0. The molecule has 0 bridgehead atoms. The van der Waals surface area contributed by atoms with E-state index >= 15 is 0 Å². The highest BCUT2D eigenvalue weighted by Gasteiger charge is 2.42. The van der Waals surface area contributed by atoms with Gasteiger partial charge in [0.05, 0.1) is 18.3 Å². The normalized spacial score (nSPS) is 18.6. The van der Waals surface area contributed by atoms with Crippen molar-refractivity contribution in [1.29, 1.82) is 0 Å². The highest BCUT2D eigenvalue weighted by atomic mass is 32.2. The minimum Gasteiger partial charge on any atom is -0.371 e. The highest BCUT2D eigenvalue weighted by Crippen LogP contribution is 2.32. The Labute approximate surface area is 117 Å². The van der Waals surface area contributed by atoms with Gasteiger partial charge in [-0.25, -0.2) is 4.68 Å². The topological polar surface area (TPSA) is 43.2 Å². The lowest BCUT2D eigenvalue weighted by atomic mass is 10.0. The van der Waals surface area contributed by atoms with Crippen LogP contribution in [0, 0.1) is 6.92 Å². The molecule has 1 saturated heterocycles. The zero-order valence-corrected chi connectivity index (χ0v) is 12.1. The molecule has 1 aromatic carbocycles. The molecule has 1 aromatic heterocycles. The molecule has 0 spiro atoms. The van der Waals surface area contributed by atoms with Crippen molar-refractivity contribution in [3.8, 4) is 0 Å². The van der Waals surface area contributed by atoms with Gasteiger partial charge in [-0.15, -0.1) is 5.10 Å². The van der Waals surface area contributed by atoms with Crippen molar-refractivity contribution in [1.82, 2.24) is 15.0 Å². The molecular weight excluding hydrogens is 258 g/mol. The molecule has 3 rings (SSSR count). The second-order valence-electron chi connectivity index (χ2n) is 5.39. The molecule has 4 nitrogen and oxygen atoms in total. The van der Waals surface area contributed by atoms with Crippen LogP contribution >= 0.6 is 11.8 Å². The first-order valence-electron chi connectivity index (χ1n) is 6.35. The van der Waals surface area contributed by atoms with Gasteiger partial charge >= 0.3 is 0 Å². The van der Waals surface area contributed by atoms with E-state index in [-0.39, 0.29) is 11.6 Å². The van der Waals surface area contributed by atoms with Gasteiger partial charge in [0.15, 0.2) is 0 Å². The first-order chi connectivity index (χ1) is 9.05. The molecule has 1 aliphatic rings. The first-order valence-corrected chi connectivity index (χ1v) is 7.16. The highest BCUT2D eigenvalue weighted by molar-refractivity contribution is 7.99. The van der Waals surface area contributed by atoms with Gasteiger partial charge in [0, 0.05) is 4.90 Å². The Morgan fingerprint density at radius 3 is 2.63 bits per heavy atom. The zero-order valence-electron chi connectivity index (χ0n) is 11.3. The van der Waals surface area contributed by atoms with Crippen LogP contribution in [-0.2, 0) is 10.3 Å². The standard InChI is InChI=1S/C14H17N3OS/c1-10-4-6-11(7-5-10)19-13-8-17(16-15-13)14(2,3)12-9-18-12/h4-8,12H,9H2,1-3H3. The maximum absolute atomic E-state index is 5.37. The molecule has 1 atom stereocenters. The third-order valence-corrected chi connectivity index (χ3v) is 4.33. The molecule has 0 aliphatic carbocycles. The first kappa shape index (κ1) is 12.7. The molecule has 100 valence electrons. The molecule has 0 amide bonds. The van der Waals surface area contributed by atoms with Crippen LogP contribution in [0.5, 0.6) is 0 Å². The number of hydrogen-bond donors (Lipinski definition) is 0. The maximum Gasteiger partial charge on any atom is 0.143 e. The molecule has 5 heteroatoms. The van der Waals surface area contributed by atoms with Crippen LogP contribution in [0.25, 0.3) is 0 Å². The van der Waals surface area contributed by atoms with E-state index in [0.29, 0.717) is 0 Å². The largest absolute Gasteiger partial charge is 0.371 e. The monoisotopic (exact) mass is 275 g/mol. The van der Waals surface area contributed by atoms with Crippen molar-refractivity contribution in [2.45, 2.75) is 42.3 Å². The van der Waals surface area contributed by atoms with Crippen molar-refractivity contribution in [3.05, 3.63) is 36.0 Å². The van der Waals surface area contributed by atoms with Gasteiger partial charge in [-0.3, -0.25) is 0 Å². The number of nitrogens with zero attached hydrogens (tertiary/aromatic N) is 3. The number of ether oxygens (including phenoxy) is 1. The Morgan fingerprint density at radius 1 is 1.32 bits per heavy atom. The Balaban J connectivity index is 1.76. The van der Waals surface area contributed by atoms with Crippen LogP contribution in [0.1, 0.15) is 19.4 Å². The molecular formula is C14H17N3OS. The third-order valence-electron chi connectivity index (χ3n) is 3.43. The summed E-state index contributed by atoms with van der Waals surface area (Å²) in [4.78, 5) is 1.18. The number of rotatable bonds is 4. The van der Waals surface area contributed by atoms with Gasteiger partial charge < -0.3 is 4.74 Å². The predicted molar refractivity (Wildman–Crippen MR) is 74.4 cm³/mol. The van der Waals surface area contributed by atoms with Crippen molar-refractivity contribution in [3.63, 3.8) is 0 Å². The van der Waals surface area contributed by atoms with Crippen LogP contribution < -0.4 is 0 Å². The number of benzene rings is 1. The molecule has 1 aliphatic heterocycles. The van der Waals surface area contributed by atoms with E-state index in [2.05, 4.69) is 55.3 Å². The Hall–Kier alpha value is -1.33. The molecule has 1 unspecified atom stereocenters. The number of aryl methyl sites for hydroxylation is 1. The predicted octanol–water partition coefficient (Wildman–Crippen LogP) is 2.87. The summed E-state index contributed by atoms with van der Waals surface area (Å²) in [6.45, 7) is 7.15. The van der Waals surface area contributed by atoms with E-state index in [4.69, 9.17) is 4.74 Å². The minimum absolute atomic E-state index is 0.126.